The molecule has 100 valence electrons. The topological polar surface area (TPSA) is 88.2 Å². The number of nitrogens with zero attached hydrogens (tertiary/aromatic N) is 1. The van der Waals surface area contributed by atoms with Crippen LogP contribution in [0.15, 0.2) is 23.6 Å². The van der Waals surface area contributed by atoms with E-state index in [0.717, 1.165) is 0 Å². The first-order valence-corrected chi connectivity index (χ1v) is 6.38. The van der Waals surface area contributed by atoms with Crippen molar-refractivity contribution in [2.75, 3.05) is 5.32 Å². The molecule has 0 aliphatic carbocycles. The van der Waals surface area contributed by atoms with Gasteiger partial charge in [0.1, 0.15) is 11.9 Å². The van der Waals surface area contributed by atoms with Crippen molar-refractivity contribution in [3.63, 3.8) is 0 Å². The van der Waals surface area contributed by atoms with Gasteiger partial charge in [-0.3, -0.25) is 4.79 Å². The second-order valence-electron chi connectivity index (χ2n) is 3.68. The van der Waals surface area contributed by atoms with Gasteiger partial charge in [0, 0.05) is 16.1 Å². The van der Waals surface area contributed by atoms with Crippen LogP contribution in [-0.2, 0) is 4.79 Å². The molecule has 0 aliphatic heterocycles. The van der Waals surface area contributed by atoms with Crippen molar-refractivity contribution >= 4 is 39.7 Å². The van der Waals surface area contributed by atoms with Gasteiger partial charge < -0.3 is 16.2 Å². The highest BCUT2D eigenvalue weighted by atomic mass is 35.5. The Kier molecular flexibility index (Phi) is 3.98. The fraction of sp³-hybridized carbons (Fsp3) is 0.0909. The Labute approximate surface area is 116 Å². The Morgan fingerprint density at radius 2 is 2.26 bits per heavy atom. The maximum atomic E-state index is 13.1. The summed E-state index contributed by atoms with van der Waals surface area (Å²) in [6, 6.07) is 2.79. The van der Waals surface area contributed by atoms with Gasteiger partial charge in [0.2, 0.25) is 0 Å². The fourth-order valence-electron chi connectivity index (χ4n) is 1.36. The number of benzene rings is 1. The molecule has 1 aromatic heterocycles. The molecule has 0 fully saturated rings. The summed E-state index contributed by atoms with van der Waals surface area (Å²) in [5, 5.41) is 13.8. The van der Waals surface area contributed by atoms with E-state index in [1.807, 2.05) is 0 Å². The average molecular weight is 302 g/mol. The largest absolute Gasteiger partial charge is 0.480 e. The van der Waals surface area contributed by atoms with Gasteiger partial charge in [-0.2, -0.15) is 0 Å². The van der Waals surface area contributed by atoms with Gasteiger partial charge in [-0.15, -0.1) is 11.3 Å². The molecule has 2 aromatic rings. The second-order valence-corrected chi connectivity index (χ2v) is 4.97. The molecule has 8 heteroatoms. The molecule has 0 radical (unpaired) electrons. The van der Waals surface area contributed by atoms with Crippen molar-refractivity contribution in [1.29, 1.82) is 0 Å². The number of anilines is 2. The van der Waals surface area contributed by atoms with E-state index in [-0.39, 0.29) is 10.7 Å². The van der Waals surface area contributed by atoms with Crippen LogP contribution in [0.4, 0.5) is 15.2 Å². The Balaban J connectivity index is 2.18. The molecule has 2 rings (SSSR count). The number of carboxylic acid groups (broad SMARTS) is 1. The molecular formula is C11H9ClFN3O2S. The maximum Gasteiger partial charge on any atom is 0.326 e. The fourth-order valence-corrected chi connectivity index (χ4v) is 2.35. The normalized spacial score (nSPS) is 12.2. The summed E-state index contributed by atoms with van der Waals surface area (Å²) in [4.78, 5) is 14.7. The number of aliphatic carboxylic acids is 1. The zero-order valence-corrected chi connectivity index (χ0v) is 11.0. The zero-order chi connectivity index (χ0) is 14.0. The number of thiazole rings is 1. The van der Waals surface area contributed by atoms with E-state index in [1.54, 1.807) is 0 Å². The quantitative estimate of drug-likeness (QED) is 0.808. The number of carbonyl (C=O) groups is 1. The SMILES string of the molecule is NC(C(=O)O)c1csc(Nc2cc(F)cc(Cl)c2)n1. The van der Waals surface area contributed by atoms with Crippen LogP contribution < -0.4 is 11.1 Å². The summed E-state index contributed by atoms with van der Waals surface area (Å²) in [5.41, 5.74) is 6.09. The summed E-state index contributed by atoms with van der Waals surface area (Å²) < 4.78 is 13.1. The van der Waals surface area contributed by atoms with E-state index >= 15 is 0 Å². The first kappa shape index (κ1) is 13.7. The van der Waals surface area contributed by atoms with E-state index in [2.05, 4.69) is 10.3 Å². The molecule has 0 saturated heterocycles. The predicted octanol–water partition coefficient (Wildman–Crippen LogP) is 2.76. The lowest BCUT2D eigenvalue weighted by atomic mass is 10.2. The maximum absolute atomic E-state index is 13.1. The van der Waals surface area contributed by atoms with Crippen molar-refractivity contribution in [3.05, 3.63) is 40.1 Å². The molecule has 0 saturated carbocycles. The van der Waals surface area contributed by atoms with E-state index in [1.165, 1.54) is 34.9 Å². The van der Waals surface area contributed by atoms with Crippen LogP contribution in [0.3, 0.4) is 0 Å². The van der Waals surface area contributed by atoms with Crippen molar-refractivity contribution in [3.8, 4) is 0 Å². The summed E-state index contributed by atoms with van der Waals surface area (Å²) in [5.74, 6) is -1.64. The third-order valence-corrected chi connectivity index (χ3v) is 3.21. The highest BCUT2D eigenvalue weighted by Gasteiger charge is 2.17. The summed E-state index contributed by atoms with van der Waals surface area (Å²) in [7, 11) is 0. The van der Waals surface area contributed by atoms with Crippen LogP contribution >= 0.6 is 22.9 Å². The number of nitrogens with two attached hydrogens (primary N) is 1. The molecule has 5 nitrogen and oxygen atoms in total. The molecule has 1 aromatic carbocycles. The Hall–Kier alpha value is -1.70. The molecule has 0 aliphatic rings. The molecular weight excluding hydrogens is 293 g/mol. The van der Waals surface area contributed by atoms with Crippen LogP contribution in [0.1, 0.15) is 11.7 Å². The predicted molar refractivity (Wildman–Crippen MR) is 71.4 cm³/mol. The van der Waals surface area contributed by atoms with Crippen LogP contribution in [0, 0.1) is 5.82 Å². The Morgan fingerprint density at radius 1 is 1.53 bits per heavy atom. The lowest BCUT2D eigenvalue weighted by Crippen LogP contribution is -2.20. The van der Waals surface area contributed by atoms with E-state index in [0.29, 0.717) is 10.8 Å². The molecule has 4 N–H and O–H groups in total. The summed E-state index contributed by atoms with van der Waals surface area (Å²) in [6.45, 7) is 0. The highest BCUT2D eigenvalue weighted by Crippen LogP contribution is 2.25. The number of carboxylic acids is 1. The van der Waals surface area contributed by atoms with Crippen molar-refractivity contribution in [1.82, 2.24) is 4.98 Å². The minimum atomic E-state index is -1.18. The monoisotopic (exact) mass is 301 g/mol. The van der Waals surface area contributed by atoms with E-state index < -0.39 is 17.8 Å². The Bertz CT molecular complexity index is 599. The first-order chi connectivity index (χ1) is 8.95. The van der Waals surface area contributed by atoms with Gasteiger partial charge in [0.15, 0.2) is 5.13 Å². The molecule has 1 heterocycles. The third-order valence-electron chi connectivity index (χ3n) is 2.22. The number of halogens is 2. The number of hydrogen-bond donors (Lipinski definition) is 3. The van der Waals surface area contributed by atoms with Crippen LogP contribution in [0.25, 0.3) is 0 Å². The number of aromatic nitrogens is 1. The average Bonchev–Trinajstić information content (AvgIpc) is 2.74. The number of hydrogen-bond acceptors (Lipinski definition) is 5. The van der Waals surface area contributed by atoms with Gasteiger partial charge in [-0.05, 0) is 18.2 Å². The van der Waals surface area contributed by atoms with Gasteiger partial charge in [0.05, 0.1) is 5.69 Å². The summed E-state index contributed by atoms with van der Waals surface area (Å²) >= 11 is 6.89. The first-order valence-electron chi connectivity index (χ1n) is 5.12. The molecule has 0 spiro atoms. The van der Waals surface area contributed by atoms with Crippen LogP contribution in [-0.4, -0.2) is 16.1 Å². The molecule has 0 amide bonds. The lowest BCUT2D eigenvalue weighted by Gasteiger charge is -2.04. The minimum absolute atomic E-state index is 0.238. The standard InChI is InChI=1S/C11H9ClFN3O2S/c12-5-1-6(13)3-7(2-5)15-11-16-8(4-19-11)9(14)10(17)18/h1-4,9H,14H2,(H,15,16)(H,17,18). The minimum Gasteiger partial charge on any atom is -0.480 e. The van der Waals surface area contributed by atoms with Crippen LogP contribution in [0.2, 0.25) is 5.02 Å². The molecule has 1 atom stereocenters. The molecule has 19 heavy (non-hydrogen) atoms. The third kappa shape index (κ3) is 3.40. The summed E-state index contributed by atoms with van der Waals surface area (Å²) in [6.07, 6.45) is 0. The highest BCUT2D eigenvalue weighted by molar-refractivity contribution is 7.13. The molecule has 0 bridgehead atoms. The van der Waals surface area contributed by atoms with Crippen molar-refractivity contribution in [2.24, 2.45) is 5.73 Å². The van der Waals surface area contributed by atoms with Gasteiger partial charge in [-0.1, -0.05) is 11.6 Å². The Morgan fingerprint density at radius 3 is 2.89 bits per heavy atom. The lowest BCUT2D eigenvalue weighted by molar-refractivity contribution is -0.138. The van der Waals surface area contributed by atoms with Crippen molar-refractivity contribution < 1.29 is 14.3 Å². The second kappa shape index (κ2) is 5.52. The van der Waals surface area contributed by atoms with E-state index in [4.69, 9.17) is 22.4 Å². The number of rotatable bonds is 4. The van der Waals surface area contributed by atoms with Gasteiger partial charge in [-0.25, -0.2) is 9.37 Å². The number of nitrogens with one attached hydrogen (secondary N) is 1. The van der Waals surface area contributed by atoms with Gasteiger partial charge >= 0.3 is 5.97 Å². The smallest absolute Gasteiger partial charge is 0.326 e. The van der Waals surface area contributed by atoms with Gasteiger partial charge in [0.25, 0.3) is 0 Å². The molecule has 1 unspecified atom stereocenters. The zero-order valence-electron chi connectivity index (χ0n) is 9.43. The van der Waals surface area contributed by atoms with E-state index in [9.17, 15) is 9.18 Å². The van der Waals surface area contributed by atoms with Crippen LogP contribution in [0.5, 0.6) is 0 Å². The van der Waals surface area contributed by atoms with Crippen molar-refractivity contribution in [2.45, 2.75) is 6.04 Å².